The van der Waals surface area contributed by atoms with Crippen LogP contribution in [0.25, 0.3) is 0 Å². The first-order valence-electron chi connectivity index (χ1n) is 8.21. The minimum Gasteiger partial charge on any atom is -0.359 e. The Kier molecular flexibility index (Phi) is 6.36. The standard InChI is InChI=1S/C21H18BrFN2S/c22-18-13-15(11-12-19(18)23)14-24-21(26)25-20(16-7-3-1-4-8-16)17-9-5-2-6-10-17/h1-13,20H,14H2,(H2,24,25,26). The molecular formula is C21H18BrFN2S. The molecule has 0 saturated heterocycles. The van der Waals surface area contributed by atoms with Crippen LogP contribution in [-0.4, -0.2) is 5.11 Å². The number of benzene rings is 3. The Morgan fingerprint density at radius 1 is 0.923 bits per heavy atom. The van der Waals surface area contributed by atoms with Gasteiger partial charge in [-0.2, -0.15) is 0 Å². The zero-order valence-electron chi connectivity index (χ0n) is 14.0. The molecule has 0 aromatic heterocycles. The maximum absolute atomic E-state index is 13.3. The van der Waals surface area contributed by atoms with Crippen molar-refractivity contribution in [3.05, 3.63) is 106 Å². The molecule has 5 heteroatoms. The normalized spacial score (nSPS) is 10.6. The van der Waals surface area contributed by atoms with Crippen molar-refractivity contribution in [1.29, 1.82) is 0 Å². The molecule has 0 heterocycles. The van der Waals surface area contributed by atoms with Crippen molar-refractivity contribution in [2.45, 2.75) is 12.6 Å². The van der Waals surface area contributed by atoms with Crippen LogP contribution < -0.4 is 10.6 Å². The van der Waals surface area contributed by atoms with E-state index < -0.39 is 0 Å². The summed E-state index contributed by atoms with van der Waals surface area (Å²) in [5, 5.41) is 7.12. The highest BCUT2D eigenvalue weighted by Gasteiger charge is 2.14. The number of rotatable bonds is 5. The van der Waals surface area contributed by atoms with Gasteiger partial charge in [0.1, 0.15) is 5.82 Å². The van der Waals surface area contributed by atoms with Gasteiger partial charge in [-0.1, -0.05) is 66.7 Å². The van der Waals surface area contributed by atoms with E-state index in [9.17, 15) is 4.39 Å². The van der Waals surface area contributed by atoms with Crippen LogP contribution in [0.2, 0.25) is 0 Å². The summed E-state index contributed by atoms with van der Waals surface area (Å²) in [6, 6.07) is 25.2. The number of hydrogen-bond acceptors (Lipinski definition) is 1. The quantitative estimate of drug-likeness (QED) is 0.536. The highest BCUT2D eigenvalue weighted by Crippen LogP contribution is 2.21. The van der Waals surface area contributed by atoms with Gasteiger partial charge in [-0.15, -0.1) is 0 Å². The summed E-state index contributed by atoms with van der Waals surface area (Å²) in [5.74, 6) is -0.275. The van der Waals surface area contributed by atoms with Gasteiger partial charge >= 0.3 is 0 Å². The molecular weight excluding hydrogens is 411 g/mol. The molecule has 0 unspecified atom stereocenters. The third-order valence-electron chi connectivity index (χ3n) is 3.98. The molecule has 0 spiro atoms. The van der Waals surface area contributed by atoms with E-state index in [0.29, 0.717) is 16.1 Å². The second-order valence-electron chi connectivity index (χ2n) is 5.83. The molecule has 0 saturated carbocycles. The fraction of sp³-hybridized carbons (Fsp3) is 0.0952. The molecule has 0 bridgehead atoms. The average molecular weight is 429 g/mol. The summed E-state index contributed by atoms with van der Waals surface area (Å²) in [6.45, 7) is 0.515. The summed E-state index contributed by atoms with van der Waals surface area (Å²) in [7, 11) is 0. The van der Waals surface area contributed by atoms with Gasteiger partial charge in [-0.3, -0.25) is 0 Å². The van der Waals surface area contributed by atoms with Crippen LogP contribution in [0.1, 0.15) is 22.7 Å². The Morgan fingerprint density at radius 3 is 2.04 bits per heavy atom. The van der Waals surface area contributed by atoms with E-state index in [1.807, 2.05) is 36.4 Å². The van der Waals surface area contributed by atoms with Crippen molar-refractivity contribution >= 4 is 33.3 Å². The third kappa shape index (κ3) is 4.90. The van der Waals surface area contributed by atoms with E-state index in [2.05, 4.69) is 50.8 Å². The van der Waals surface area contributed by atoms with Crippen LogP contribution in [0.4, 0.5) is 4.39 Å². The molecule has 0 fully saturated rings. The van der Waals surface area contributed by atoms with Crippen molar-refractivity contribution in [1.82, 2.24) is 10.6 Å². The maximum Gasteiger partial charge on any atom is 0.167 e. The Hall–Kier alpha value is -2.24. The van der Waals surface area contributed by atoms with E-state index in [0.717, 1.165) is 16.7 Å². The third-order valence-corrected chi connectivity index (χ3v) is 4.85. The first kappa shape index (κ1) is 18.5. The molecule has 26 heavy (non-hydrogen) atoms. The molecule has 3 rings (SSSR count). The summed E-state index contributed by atoms with van der Waals surface area (Å²) in [4.78, 5) is 0. The zero-order chi connectivity index (χ0) is 18.4. The maximum atomic E-state index is 13.3. The van der Waals surface area contributed by atoms with Crippen LogP contribution in [0, 0.1) is 5.82 Å². The monoisotopic (exact) mass is 428 g/mol. The number of nitrogens with one attached hydrogen (secondary N) is 2. The molecule has 2 N–H and O–H groups in total. The van der Waals surface area contributed by atoms with Crippen molar-refractivity contribution in [2.75, 3.05) is 0 Å². The Labute approximate surface area is 166 Å². The number of thiocarbonyl (C=S) groups is 1. The lowest BCUT2D eigenvalue weighted by atomic mass is 9.99. The largest absolute Gasteiger partial charge is 0.359 e. The van der Waals surface area contributed by atoms with E-state index in [-0.39, 0.29) is 11.9 Å². The van der Waals surface area contributed by atoms with Gasteiger partial charge in [0.05, 0.1) is 10.5 Å². The first-order chi connectivity index (χ1) is 12.6. The lowest BCUT2D eigenvalue weighted by molar-refractivity contribution is 0.620. The molecule has 132 valence electrons. The fourth-order valence-corrected chi connectivity index (χ4v) is 3.28. The molecule has 0 aliphatic carbocycles. The fourth-order valence-electron chi connectivity index (χ4n) is 2.66. The van der Waals surface area contributed by atoms with Gasteiger partial charge in [0.15, 0.2) is 5.11 Å². The Morgan fingerprint density at radius 2 is 1.50 bits per heavy atom. The number of halogens is 2. The molecule has 2 nitrogen and oxygen atoms in total. The molecule has 3 aromatic rings. The van der Waals surface area contributed by atoms with Gasteiger partial charge in [-0.05, 0) is 57.0 Å². The SMILES string of the molecule is Fc1ccc(CNC(=S)NC(c2ccccc2)c2ccccc2)cc1Br. The van der Waals surface area contributed by atoms with Crippen molar-refractivity contribution < 1.29 is 4.39 Å². The molecule has 0 atom stereocenters. The Bertz CT molecular complexity index is 832. The second kappa shape index (κ2) is 8.92. The van der Waals surface area contributed by atoms with Crippen molar-refractivity contribution in [3.8, 4) is 0 Å². The van der Waals surface area contributed by atoms with Crippen LogP contribution >= 0.6 is 28.1 Å². The summed E-state index contributed by atoms with van der Waals surface area (Å²) in [5.41, 5.74) is 3.21. The highest BCUT2D eigenvalue weighted by atomic mass is 79.9. The van der Waals surface area contributed by atoms with Crippen LogP contribution in [0.3, 0.4) is 0 Å². The molecule has 0 aliphatic heterocycles. The summed E-state index contributed by atoms with van der Waals surface area (Å²) >= 11 is 8.68. The first-order valence-corrected chi connectivity index (χ1v) is 9.42. The average Bonchev–Trinajstić information content (AvgIpc) is 2.68. The van der Waals surface area contributed by atoms with E-state index >= 15 is 0 Å². The van der Waals surface area contributed by atoms with Gasteiger partial charge in [0, 0.05) is 6.54 Å². The second-order valence-corrected chi connectivity index (χ2v) is 7.09. The Balaban J connectivity index is 1.70. The zero-order valence-corrected chi connectivity index (χ0v) is 16.4. The molecule has 3 aromatic carbocycles. The van der Waals surface area contributed by atoms with Gasteiger partial charge in [-0.25, -0.2) is 4.39 Å². The van der Waals surface area contributed by atoms with Gasteiger partial charge < -0.3 is 10.6 Å². The van der Waals surface area contributed by atoms with Crippen molar-refractivity contribution in [3.63, 3.8) is 0 Å². The minimum absolute atomic E-state index is 0.0441. The van der Waals surface area contributed by atoms with Crippen LogP contribution in [-0.2, 0) is 6.54 Å². The smallest absolute Gasteiger partial charge is 0.167 e. The van der Waals surface area contributed by atoms with Crippen LogP contribution in [0.15, 0.2) is 83.3 Å². The summed E-state index contributed by atoms with van der Waals surface area (Å²) in [6.07, 6.45) is 0. The van der Waals surface area contributed by atoms with E-state index in [4.69, 9.17) is 12.2 Å². The van der Waals surface area contributed by atoms with E-state index in [1.165, 1.54) is 6.07 Å². The van der Waals surface area contributed by atoms with E-state index in [1.54, 1.807) is 12.1 Å². The highest BCUT2D eigenvalue weighted by molar-refractivity contribution is 9.10. The molecule has 0 radical (unpaired) electrons. The lowest BCUT2D eigenvalue weighted by Gasteiger charge is -2.22. The topological polar surface area (TPSA) is 24.1 Å². The summed E-state index contributed by atoms with van der Waals surface area (Å²) < 4.78 is 13.8. The predicted molar refractivity (Wildman–Crippen MR) is 111 cm³/mol. The minimum atomic E-state index is -0.275. The lowest BCUT2D eigenvalue weighted by Crippen LogP contribution is -2.37. The number of hydrogen-bond donors (Lipinski definition) is 2. The molecule has 0 aliphatic rings. The molecule has 0 amide bonds. The van der Waals surface area contributed by atoms with Crippen molar-refractivity contribution in [2.24, 2.45) is 0 Å². The van der Waals surface area contributed by atoms with Crippen LogP contribution in [0.5, 0.6) is 0 Å². The predicted octanol–water partition coefficient (Wildman–Crippen LogP) is 5.34. The van der Waals surface area contributed by atoms with Gasteiger partial charge in [0.2, 0.25) is 0 Å². The van der Waals surface area contributed by atoms with Gasteiger partial charge in [0.25, 0.3) is 0 Å².